The van der Waals surface area contributed by atoms with Gasteiger partial charge in [-0.2, -0.15) is 0 Å². The Morgan fingerprint density at radius 3 is 2.79 bits per heavy atom. The van der Waals surface area contributed by atoms with Crippen molar-refractivity contribution in [2.45, 2.75) is 63.7 Å². The lowest BCUT2D eigenvalue weighted by Crippen LogP contribution is -2.46. The van der Waals surface area contributed by atoms with Crippen molar-refractivity contribution >= 4 is 16.7 Å². The molecule has 4 heteroatoms. The molecule has 0 spiro atoms. The number of ether oxygens (including phenoxy) is 2. The predicted octanol–water partition coefficient (Wildman–Crippen LogP) is 4.35. The van der Waals surface area contributed by atoms with E-state index in [0.29, 0.717) is 12.1 Å². The van der Waals surface area contributed by atoms with Gasteiger partial charge in [0.05, 0.1) is 12.7 Å². The zero-order valence-corrected chi connectivity index (χ0v) is 16.8. The van der Waals surface area contributed by atoms with Crippen LogP contribution in [0, 0.1) is 0 Å². The third kappa shape index (κ3) is 4.56. The molecular weight excluding hydrogens is 350 g/mol. The molecule has 2 fully saturated rings. The third-order valence-electron chi connectivity index (χ3n) is 6.23. The second kappa shape index (κ2) is 9.06. The van der Waals surface area contributed by atoms with Gasteiger partial charge < -0.3 is 9.47 Å². The summed E-state index contributed by atoms with van der Waals surface area (Å²) in [4.78, 5) is 13.7. The Bertz CT molecular complexity index is 800. The number of likely N-dealkylation sites (tertiary alicyclic amines) is 1. The fourth-order valence-electron chi connectivity index (χ4n) is 4.91. The molecule has 0 radical (unpaired) electrons. The average Bonchev–Trinajstić information content (AvgIpc) is 3.16. The van der Waals surface area contributed by atoms with Crippen molar-refractivity contribution in [3.8, 4) is 0 Å². The number of hydrogen-bond acceptors (Lipinski definition) is 4. The van der Waals surface area contributed by atoms with Crippen LogP contribution in [0.15, 0.2) is 42.5 Å². The first-order valence-electron chi connectivity index (χ1n) is 10.7. The van der Waals surface area contributed by atoms with Gasteiger partial charge in [-0.15, -0.1) is 0 Å². The van der Waals surface area contributed by atoms with Crippen molar-refractivity contribution in [1.82, 2.24) is 4.90 Å². The molecule has 28 heavy (non-hydrogen) atoms. The van der Waals surface area contributed by atoms with E-state index in [2.05, 4.69) is 47.4 Å². The van der Waals surface area contributed by atoms with E-state index in [1.165, 1.54) is 42.5 Å². The van der Waals surface area contributed by atoms with Crippen molar-refractivity contribution in [2.75, 3.05) is 19.7 Å². The summed E-state index contributed by atoms with van der Waals surface area (Å²) in [5.41, 5.74) is 1.36. The molecule has 0 aromatic heterocycles. The third-order valence-corrected chi connectivity index (χ3v) is 6.23. The van der Waals surface area contributed by atoms with Gasteiger partial charge in [0, 0.05) is 26.1 Å². The van der Waals surface area contributed by atoms with Gasteiger partial charge in [-0.05, 0) is 42.0 Å². The van der Waals surface area contributed by atoms with E-state index in [9.17, 15) is 4.79 Å². The molecular formula is C24H31NO3. The zero-order valence-electron chi connectivity index (χ0n) is 16.8. The minimum Gasteiger partial charge on any atom is -0.461 e. The summed E-state index contributed by atoms with van der Waals surface area (Å²) in [5.74, 6) is -0.168. The van der Waals surface area contributed by atoms with E-state index in [0.717, 1.165) is 39.0 Å². The number of esters is 1. The molecule has 4 rings (SSSR count). The Kier molecular flexibility index (Phi) is 6.28. The van der Waals surface area contributed by atoms with Gasteiger partial charge in [0.2, 0.25) is 0 Å². The zero-order chi connectivity index (χ0) is 19.3. The van der Waals surface area contributed by atoms with E-state index in [1.54, 1.807) is 0 Å². The van der Waals surface area contributed by atoms with Crippen molar-refractivity contribution in [2.24, 2.45) is 0 Å². The summed E-state index contributed by atoms with van der Waals surface area (Å²) in [7, 11) is 0. The molecule has 1 heterocycles. The molecule has 150 valence electrons. The molecule has 1 aliphatic heterocycles. The number of rotatable bonds is 6. The molecule has 2 aromatic carbocycles. The number of hydrogen-bond donors (Lipinski definition) is 0. The first kappa shape index (κ1) is 19.4. The lowest BCUT2D eigenvalue weighted by molar-refractivity contribution is -0.145. The molecule has 2 aliphatic rings. The number of nitrogens with zero attached hydrogens (tertiary/aromatic N) is 1. The van der Waals surface area contributed by atoms with Crippen LogP contribution < -0.4 is 0 Å². The van der Waals surface area contributed by atoms with Crippen LogP contribution in [-0.2, 0) is 20.7 Å². The van der Waals surface area contributed by atoms with Crippen LogP contribution in [0.2, 0.25) is 0 Å². The number of carbonyl (C=O) groups excluding carboxylic acids is 1. The minimum atomic E-state index is -0.168. The molecule has 0 bridgehead atoms. The smallest absolute Gasteiger partial charge is 0.302 e. The molecule has 3 atom stereocenters. The van der Waals surface area contributed by atoms with Gasteiger partial charge in [-0.25, -0.2) is 0 Å². The molecule has 0 amide bonds. The summed E-state index contributed by atoms with van der Waals surface area (Å²) in [5, 5.41) is 2.63. The standard InChI is InChI=1S/C24H31NO3/c1-18(26)28-21-13-15-25(17-21)23-11-4-5-12-24(23)27-16-14-20-9-6-8-19-7-2-3-10-22(19)20/h2-3,6-10,21,23-24H,4-5,11-17H2,1H3/t21?,23-,24-/m1/s1. The van der Waals surface area contributed by atoms with Crippen molar-refractivity contribution in [3.05, 3.63) is 48.0 Å². The van der Waals surface area contributed by atoms with Crippen LogP contribution in [0.4, 0.5) is 0 Å². The molecule has 1 saturated heterocycles. The van der Waals surface area contributed by atoms with Crippen molar-refractivity contribution in [3.63, 3.8) is 0 Å². The van der Waals surface area contributed by atoms with Crippen LogP contribution in [-0.4, -0.2) is 48.8 Å². The van der Waals surface area contributed by atoms with Gasteiger partial charge in [0.15, 0.2) is 0 Å². The highest BCUT2D eigenvalue weighted by Gasteiger charge is 2.36. The maximum Gasteiger partial charge on any atom is 0.302 e. The van der Waals surface area contributed by atoms with Gasteiger partial charge in [-0.3, -0.25) is 9.69 Å². The van der Waals surface area contributed by atoms with E-state index in [1.807, 2.05) is 0 Å². The van der Waals surface area contributed by atoms with Gasteiger partial charge in [0.1, 0.15) is 6.10 Å². The second-order valence-electron chi connectivity index (χ2n) is 8.16. The van der Waals surface area contributed by atoms with E-state index >= 15 is 0 Å². The highest BCUT2D eigenvalue weighted by atomic mass is 16.5. The summed E-state index contributed by atoms with van der Waals surface area (Å²) in [6.45, 7) is 4.12. The quantitative estimate of drug-likeness (QED) is 0.698. The highest BCUT2D eigenvalue weighted by Crippen LogP contribution is 2.29. The fraction of sp³-hybridized carbons (Fsp3) is 0.542. The monoisotopic (exact) mass is 381 g/mol. The largest absolute Gasteiger partial charge is 0.461 e. The number of benzene rings is 2. The van der Waals surface area contributed by atoms with E-state index in [-0.39, 0.29) is 12.1 Å². The normalized spacial score (nSPS) is 25.8. The topological polar surface area (TPSA) is 38.8 Å². The SMILES string of the molecule is CC(=O)OC1CCN([C@@H]2CCCC[C@H]2OCCc2cccc3ccccc23)C1. The number of carbonyl (C=O) groups is 1. The van der Waals surface area contributed by atoms with Crippen molar-refractivity contribution < 1.29 is 14.3 Å². The fourth-order valence-corrected chi connectivity index (χ4v) is 4.91. The summed E-state index contributed by atoms with van der Waals surface area (Å²) < 4.78 is 11.9. The first-order chi connectivity index (χ1) is 13.7. The lowest BCUT2D eigenvalue weighted by atomic mass is 9.91. The van der Waals surface area contributed by atoms with Crippen LogP contribution in [0.3, 0.4) is 0 Å². The summed E-state index contributed by atoms with van der Waals surface area (Å²) >= 11 is 0. The molecule has 2 aromatic rings. The van der Waals surface area contributed by atoms with Gasteiger partial charge in [-0.1, -0.05) is 55.3 Å². The first-order valence-corrected chi connectivity index (χ1v) is 10.7. The highest BCUT2D eigenvalue weighted by molar-refractivity contribution is 5.85. The van der Waals surface area contributed by atoms with Crippen molar-refractivity contribution in [1.29, 1.82) is 0 Å². The van der Waals surface area contributed by atoms with Crippen LogP contribution in [0.25, 0.3) is 10.8 Å². The van der Waals surface area contributed by atoms with Crippen LogP contribution >= 0.6 is 0 Å². The molecule has 4 nitrogen and oxygen atoms in total. The van der Waals surface area contributed by atoms with Gasteiger partial charge >= 0.3 is 5.97 Å². The van der Waals surface area contributed by atoms with Gasteiger partial charge in [0.25, 0.3) is 0 Å². The van der Waals surface area contributed by atoms with E-state index in [4.69, 9.17) is 9.47 Å². The van der Waals surface area contributed by atoms with E-state index < -0.39 is 0 Å². The Balaban J connectivity index is 1.34. The minimum absolute atomic E-state index is 0.0516. The predicted molar refractivity (Wildman–Crippen MR) is 111 cm³/mol. The number of fused-ring (bicyclic) bond motifs is 1. The molecule has 1 unspecified atom stereocenters. The lowest BCUT2D eigenvalue weighted by Gasteiger charge is -2.37. The Labute approximate surface area is 167 Å². The maximum atomic E-state index is 11.3. The Hall–Kier alpha value is -1.91. The van der Waals surface area contributed by atoms with Crippen LogP contribution in [0.5, 0.6) is 0 Å². The molecule has 0 N–H and O–H groups in total. The average molecular weight is 382 g/mol. The Morgan fingerprint density at radius 1 is 1.07 bits per heavy atom. The molecule has 1 saturated carbocycles. The molecule has 1 aliphatic carbocycles. The summed E-state index contributed by atoms with van der Waals surface area (Å²) in [6.07, 6.45) is 7.06. The Morgan fingerprint density at radius 2 is 1.89 bits per heavy atom. The summed E-state index contributed by atoms with van der Waals surface area (Å²) in [6, 6.07) is 15.6. The maximum absolute atomic E-state index is 11.3. The van der Waals surface area contributed by atoms with Crippen LogP contribution in [0.1, 0.15) is 44.6 Å². The second-order valence-corrected chi connectivity index (χ2v) is 8.16.